The molecule has 10 heteroatoms. The molecule has 0 unspecified atom stereocenters. The number of halogens is 1. The summed E-state index contributed by atoms with van der Waals surface area (Å²) in [6, 6.07) is 14.1. The highest BCUT2D eigenvalue weighted by Crippen LogP contribution is 2.30. The molecule has 0 saturated carbocycles. The maximum atomic E-state index is 12.7. The Labute approximate surface area is 191 Å². The average Bonchev–Trinajstić information content (AvgIpc) is 3.26. The average molecular weight is 468 g/mol. The zero-order chi connectivity index (χ0) is 22.7. The van der Waals surface area contributed by atoms with E-state index in [4.69, 9.17) is 11.6 Å². The van der Waals surface area contributed by atoms with Gasteiger partial charge in [-0.15, -0.1) is 11.3 Å². The summed E-state index contributed by atoms with van der Waals surface area (Å²) in [4.78, 5) is 41.9. The van der Waals surface area contributed by atoms with Gasteiger partial charge in [-0.05, 0) is 19.1 Å². The van der Waals surface area contributed by atoms with Gasteiger partial charge in [0.15, 0.2) is 5.69 Å². The van der Waals surface area contributed by atoms with Crippen molar-refractivity contribution in [1.29, 1.82) is 0 Å². The van der Waals surface area contributed by atoms with Gasteiger partial charge in [-0.2, -0.15) is 5.10 Å². The Kier molecular flexibility index (Phi) is 6.29. The molecule has 2 aromatic heterocycles. The quantitative estimate of drug-likeness (QED) is 0.438. The fourth-order valence-corrected chi connectivity index (χ4v) is 4.30. The number of aryl methyl sites for hydroxylation is 1. The second-order valence-corrected chi connectivity index (χ2v) is 8.08. The Morgan fingerprint density at radius 2 is 1.78 bits per heavy atom. The summed E-state index contributed by atoms with van der Waals surface area (Å²) in [6.45, 7) is 2.07. The molecular weight excluding hydrogens is 450 g/mol. The number of hydrogen-bond donors (Lipinski definition) is 2. The van der Waals surface area contributed by atoms with Crippen molar-refractivity contribution in [2.75, 3.05) is 0 Å². The molecule has 0 bridgehead atoms. The molecule has 0 atom stereocenters. The largest absolute Gasteiger partial charge is 0.290 e. The number of nitrogens with one attached hydrogen (secondary N) is 2. The topological polar surface area (TPSA) is 106 Å². The van der Waals surface area contributed by atoms with Crippen LogP contribution < -0.4 is 16.4 Å². The molecule has 2 N–H and O–H groups in total. The molecule has 0 fully saturated rings. The third kappa shape index (κ3) is 4.39. The van der Waals surface area contributed by atoms with E-state index in [1.807, 2.05) is 18.2 Å². The molecule has 32 heavy (non-hydrogen) atoms. The summed E-state index contributed by atoms with van der Waals surface area (Å²) in [5, 5.41) is 8.00. The molecule has 4 aromatic rings. The minimum atomic E-state index is -0.619. The van der Waals surface area contributed by atoms with Gasteiger partial charge in [0.25, 0.3) is 11.5 Å². The molecule has 0 aliphatic rings. The third-order valence-electron chi connectivity index (χ3n) is 4.70. The van der Waals surface area contributed by atoms with Crippen LogP contribution in [0.25, 0.3) is 21.3 Å². The van der Waals surface area contributed by atoms with Gasteiger partial charge in [-0.1, -0.05) is 48.0 Å². The van der Waals surface area contributed by atoms with Crippen LogP contribution in [-0.4, -0.2) is 26.6 Å². The van der Waals surface area contributed by atoms with Crippen LogP contribution in [0.3, 0.4) is 0 Å². The third-order valence-corrected chi connectivity index (χ3v) is 5.95. The first-order valence-electron chi connectivity index (χ1n) is 9.76. The van der Waals surface area contributed by atoms with Crippen LogP contribution in [0.15, 0.2) is 58.7 Å². The molecule has 2 aromatic carbocycles. The Bertz CT molecular complexity index is 1380. The van der Waals surface area contributed by atoms with Crippen molar-refractivity contribution in [3.05, 3.63) is 80.7 Å². The predicted octanol–water partition coefficient (Wildman–Crippen LogP) is 3.20. The van der Waals surface area contributed by atoms with Crippen LogP contribution in [0.1, 0.15) is 23.1 Å². The van der Waals surface area contributed by atoms with Crippen molar-refractivity contribution in [3.63, 3.8) is 0 Å². The summed E-state index contributed by atoms with van der Waals surface area (Å²) < 4.78 is 1.21. The molecule has 4 rings (SSSR count). The minimum Gasteiger partial charge on any atom is -0.273 e. The highest BCUT2D eigenvalue weighted by molar-refractivity contribution is 7.13. The van der Waals surface area contributed by atoms with E-state index in [9.17, 15) is 14.4 Å². The Morgan fingerprint density at radius 1 is 1.06 bits per heavy atom. The number of rotatable bonds is 5. The van der Waals surface area contributed by atoms with E-state index in [2.05, 4.69) is 20.9 Å². The maximum absolute atomic E-state index is 12.7. The summed E-state index contributed by atoms with van der Waals surface area (Å²) in [6.07, 6.45) is -0.0239. The highest BCUT2D eigenvalue weighted by Gasteiger charge is 2.17. The molecule has 0 aliphatic carbocycles. The van der Waals surface area contributed by atoms with Gasteiger partial charge in [0, 0.05) is 22.9 Å². The van der Waals surface area contributed by atoms with Gasteiger partial charge >= 0.3 is 0 Å². The molecule has 162 valence electrons. The summed E-state index contributed by atoms with van der Waals surface area (Å²) in [7, 11) is 0. The number of aromatic nitrogens is 3. The van der Waals surface area contributed by atoms with E-state index in [-0.39, 0.29) is 17.7 Å². The van der Waals surface area contributed by atoms with Crippen molar-refractivity contribution in [2.24, 2.45) is 0 Å². The number of fused-ring (bicyclic) bond motifs is 1. The lowest BCUT2D eigenvalue weighted by molar-refractivity contribution is -0.121. The first-order chi connectivity index (χ1) is 15.5. The van der Waals surface area contributed by atoms with Crippen LogP contribution in [0.5, 0.6) is 0 Å². The number of hydrogen-bond acceptors (Lipinski definition) is 6. The van der Waals surface area contributed by atoms with Gasteiger partial charge in [0.2, 0.25) is 5.91 Å². The fourth-order valence-electron chi connectivity index (χ4n) is 3.16. The Hall–Kier alpha value is -3.56. The smallest absolute Gasteiger partial charge is 0.273 e. The number of benzene rings is 2. The second kappa shape index (κ2) is 9.29. The molecule has 0 radical (unpaired) electrons. The normalized spacial score (nSPS) is 10.8. The number of amides is 2. The summed E-state index contributed by atoms with van der Waals surface area (Å²) >= 11 is 7.58. The van der Waals surface area contributed by atoms with Crippen molar-refractivity contribution < 1.29 is 9.59 Å². The van der Waals surface area contributed by atoms with Gasteiger partial charge in [-0.25, -0.2) is 9.67 Å². The van der Waals surface area contributed by atoms with Crippen LogP contribution in [0, 0.1) is 0 Å². The molecule has 2 amide bonds. The van der Waals surface area contributed by atoms with Crippen LogP contribution in [0.4, 0.5) is 0 Å². The lowest BCUT2D eigenvalue weighted by atomic mass is 10.1. The number of thiazole rings is 1. The maximum Gasteiger partial charge on any atom is 0.290 e. The SMILES string of the molecule is CCn1nc(C(=O)NNC(=O)Cc2csc(-c3ccccc3Cl)n2)c2ccccc2c1=O. The van der Waals surface area contributed by atoms with Crippen molar-refractivity contribution in [1.82, 2.24) is 25.6 Å². The standard InChI is InChI=1S/C22H18ClN5O3S/c1-2-28-22(31)15-8-4-3-7-14(15)19(27-28)20(30)26-25-18(29)11-13-12-32-21(24-13)16-9-5-6-10-17(16)23/h3-10,12H,2,11H2,1H3,(H,25,29)(H,26,30). The van der Waals surface area contributed by atoms with Gasteiger partial charge in [-0.3, -0.25) is 25.2 Å². The summed E-state index contributed by atoms with van der Waals surface area (Å²) in [5.41, 5.74) is 5.87. The lowest BCUT2D eigenvalue weighted by Crippen LogP contribution is -2.43. The van der Waals surface area contributed by atoms with Crippen LogP contribution >= 0.6 is 22.9 Å². The highest BCUT2D eigenvalue weighted by atomic mass is 35.5. The first kappa shape index (κ1) is 21.7. The van der Waals surface area contributed by atoms with Gasteiger partial charge in [0.1, 0.15) is 5.01 Å². The zero-order valence-corrected chi connectivity index (χ0v) is 18.5. The lowest BCUT2D eigenvalue weighted by Gasteiger charge is -2.10. The molecule has 0 aliphatic heterocycles. The molecule has 2 heterocycles. The molecule has 0 saturated heterocycles. The number of carbonyl (C=O) groups is 2. The minimum absolute atomic E-state index is 0.0239. The van der Waals surface area contributed by atoms with E-state index < -0.39 is 11.8 Å². The van der Waals surface area contributed by atoms with Gasteiger partial charge in [0.05, 0.1) is 22.5 Å². The molecule has 0 spiro atoms. The Balaban J connectivity index is 1.45. The van der Waals surface area contributed by atoms with E-state index in [1.165, 1.54) is 16.0 Å². The molecular formula is C22H18ClN5O3S. The fraction of sp³-hybridized carbons (Fsp3) is 0.136. The molecule has 8 nitrogen and oxygen atoms in total. The van der Waals surface area contributed by atoms with Crippen molar-refractivity contribution in [3.8, 4) is 10.6 Å². The van der Waals surface area contributed by atoms with Crippen LogP contribution in [-0.2, 0) is 17.8 Å². The summed E-state index contributed by atoms with van der Waals surface area (Å²) in [5.74, 6) is -1.06. The first-order valence-corrected chi connectivity index (χ1v) is 11.0. The second-order valence-electron chi connectivity index (χ2n) is 6.82. The Morgan fingerprint density at radius 3 is 2.53 bits per heavy atom. The predicted molar refractivity (Wildman–Crippen MR) is 124 cm³/mol. The monoisotopic (exact) mass is 467 g/mol. The van der Waals surface area contributed by atoms with E-state index >= 15 is 0 Å². The zero-order valence-electron chi connectivity index (χ0n) is 17.0. The van der Waals surface area contributed by atoms with Gasteiger partial charge < -0.3 is 0 Å². The van der Waals surface area contributed by atoms with Crippen molar-refractivity contribution >= 4 is 45.5 Å². The number of nitrogens with zero attached hydrogens (tertiary/aromatic N) is 3. The van der Waals surface area contributed by atoms with E-state index in [1.54, 1.807) is 42.6 Å². The number of carbonyl (C=O) groups excluding carboxylic acids is 2. The van der Waals surface area contributed by atoms with E-state index in [0.29, 0.717) is 33.0 Å². The number of hydrazine groups is 1. The van der Waals surface area contributed by atoms with E-state index in [0.717, 1.165) is 5.56 Å². The van der Waals surface area contributed by atoms with Crippen molar-refractivity contribution in [2.45, 2.75) is 19.9 Å². The van der Waals surface area contributed by atoms with Crippen LogP contribution in [0.2, 0.25) is 5.02 Å².